The van der Waals surface area contributed by atoms with Crippen molar-refractivity contribution in [3.8, 4) is 0 Å². The number of thioether (sulfide) groups is 1. The Hall–Kier alpha value is -2.72. The molecule has 2 heterocycles. The van der Waals surface area contributed by atoms with Gasteiger partial charge >= 0.3 is 0 Å². The molecule has 0 spiro atoms. The van der Waals surface area contributed by atoms with E-state index in [1.165, 1.54) is 39.7 Å². The van der Waals surface area contributed by atoms with Crippen LogP contribution in [-0.4, -0.2) is 24.6 Å². The molecular weight excluding hydrogens is 388 g/mol. The molecule has 2 aliphatic rings. The molecule has 2 unspecified atom stereocenters. The van der Waals surface area contributed by atoms with Crippen molar-refractivity contribution in [1.82, 2.24) is 0 Å². The van der Waals surface area contributed by atoms with Crippen molar-refractivity contribution in [2.24, 2.45) is 0 Å². The summed E-state index contributed by atoms with van der Waals surface area (Å²) < 4.78 is 0. The fourth-order valence-electron chi connectivity index (χ4n) is 5.10. The van der Waals surface area contributed by atoms with E-state index in [1.807, 2.05) is 6.26 Å². The molecule has 3 aromatic carbocycles. The second-order valence-corrected chi connectivity index (χ2v) is 8.89. The standard InChI is InChI=1S/C26H26N2OS/c1-30-26(29)27-20-16-23-21(18-8-4-2-5-9-18)12-14-28-15-13-22(24(17-20)25(23)28)19-10-6-3-7-11-19/h2-11,16-17,21-22H,12-15H2,1H3,(H,27,29). The number of benzene rings is 3. The Morgan fingerprint density at radius 2 is 1.37 bits per heavy atom. The van der Waals surface area contributed by atoms with Crippen LogP contribution in [0.3, 0.4) is 0 Å². The van der Waals surface area contributed by atoms with Crippen LogP contribution < -0.4 is 10.2 Å². The fourth-order valence-corrected chi connectivity index (χ4v) is 5.32. The molecule has 152 valence electrons. The molecule has 1 amide bonds. The van der Waals surface area contributed by atoms with E-state index in [4.69, 9.17) is 0 Å². The zero-order valence-corrected chi connectivity index (χ0v) is 18.0. The molecule has 0 radical (unpaired) electrons. The molecule has 1 N–H and O–H groups in total. The lowest BCUT2D eigenvalue weighted by Crippen LogP contribution is -2.37. The summed E-state index contributed by atoms with van der Waals surface area (Å²) in [7, 11) is 0. The maximum atomic E-state index is 12.2. The van der Waals surface area contributed by atoms with Crippen molar-refractivity contribution < 1.29 is 4.79 Å². The van der Waals surface area contributed by atoms with Gasteiger partial charge in [-0.1, -0.05) is 72.4 Å². The van der Waals surface area contributed by atoms with Crippen molar-refractivity contribution in [2.75, 3.05) is 29.6 Å². The van der Waals surface area contributed by atoms with Crippen LogP contribution in [0.5, 0.6) is 0 Å². The number of hydrogen-bond donors (Lipinski definition) is 1. The molecule has 3 aromatic rings. The van der Waals surface area contributed by atoms with Gasteiger partial charge in [-0.2, -0.15) is 0 Å². The summed E-state index contributed by atoms with van der Waals surface area (Å²) in [6.07, 6.45) is 4.03. The molecule has 5 rings (SSSR count). The summed E-state index contributed by atoms with van der Waals surface area (Å²) in [6, 6.07) is 26.0. The van der Waals surface area contributed by atoms with Crippen LogP contribution in [-0.2, 0) is 0 Å². The average Bonchev–Trinajstić information content (AvgIpc) is 2.80. The smallest absolute Gasteiger partial charge is 0.283 e. The van der Waals surface area contributed by atoms with Gasteiger partial charge in [-0.25, -0.2) is 0 Å². The first-order valence-corrected chi connectivity index (χ1v) is 11.8. The maximum absolute atomic E-state index is 12.2. The zero-order chi connectivity index (χ0) is 20.5. The molecule has 30 heavy (non-hydrogen) atoms. The number of nitrogens with one attached hydrogen (secondary N) is 1. The molecule has 0 aliphatic carbocycles. The number of rotatable bonds is 3. The fraction of sp³-hybridized carbons (Fsp3) is 0.269. The summed E-state index contributed by atoms with van der Waals surface area (Å²) >= 11 is 1.22. The van der Waals surface area contributed by atoms with E-state index in [-0.39, 0.29) is 5.24 Å². The average molecular weight is 415 g/mol. The van der Waals surface area contributed by atoms with E-state index in [9.17, 15) is 4.79 Å². The summed E-state index contributed by atoms with van der Waals surface area (Å²) in [5.74, 6) is 0.716. The van der Waals surface area contributed by atoms with Crippen LogP contribution in [0, 0.1) is 0 Å². The van der Waals surface area contributed by atoms with Gasteiger partial charge in [0, 0.05) is 36.3 Å². The minimum absolute atomic E-state index is 0.0156. The van der Waals surface area contributed by atoms with Crippen LogP contribution >= 0.6 is 11.8 Å². The zero-order valence-electron chi connectivity index (χ0n) is 17.2. The van der Waals surface area contributed by atoms with E-state index >= 15 is 0 Å². The van der Waals surface area contributed by atoms with Gasteiger partial charge in [0.15, 0.2) is 0 Å². The SMILES string of the molecule is CSC(=O)Nc1cc2c3c(c1)C(c1ccccc1)CCN3CCC2c1ccccc1. The van der Waals surface area contributed by atoms with E-state index in [2.05, 4.69) is 83.0 Å². The van der Waals surface area contributed by atoms with Crippen molar-refractivity contribution in [1.29, 1.82) is 0 Å². The summed E-state index contributed by atoms with van der Waals surface area (Å²) in [5, 5.41) is 3.09. The third-order valence-corrected chi connectivity index (χ3v) is 6.92. The quantitative estimate of drug-likeness (QED) is 0.534. The number of hydrogen-bond acceptors (Lipinski definition) is 3. The first-order chi connectivity index (χ1) is 14.7. The maximum Gasteiger partial charge on any atom is 0.283 e. The van der Waals surface area contributed by atoms with Gasteiger partial charge in [-0.15, -0.1) is 0 Å². The Kier molecular flexibility index (Phi) is 5.26. The minimum atomic E-state index is -0.0156. The topological polar surface area (TPSA) is 32.3 Å². The predicted molar refractivity (Wildman–Crippen MR) is 127 cm³/mol. The highest BCUT2D eigenvalue weighted by atomic mass is 32.2. The van der Waals surface area contributed by atoms with E-state index in [0.717, 1.165) is 31.6 Å². The van der Waals surface area contributed by atoms with E-state index in [0.29, 0.717) is 11.8 Å². The van der Waals surface area contributed by atoms with Gasteiger partial charge in [0.1, 0.15) is 0 Å². The summed E-state index contributed by atoms with van der Waals surface area (Å²) in [4.78, 5) is 14.7. The van der Waals surface area contributed by atoms with Gasteiger partial charge in [0.05, 0.1) is 0 Å². The highest BCUT2D eigenvalue weighted by Gasteiger charge is 2.35. The normalized spacial score (nSPS) is 19.8. The second-order valence-electron chi connectivity index (χ2n) is 8.11. The van der Waals surface area contributed by atoms with Crippen LogP contribution in [0.4, 0.5) is 16.2 Å². The Balaban J connectivity index is 1.68. The molecule has 0 aromatic heterocycles. The Morgan fingerprint density at radius 1 is 0.867 bits per heavy atom. The monoisotopic (exact) mass is 414 g/mol. The number of carbonyl (C=O) groups is 1. The van der Waals surface area contributed by atoms with Crippen molar-refractivity contribution >= 4 is 28.4 Å². The van der Waals surface area contributed by atoms with Crippen molar-refractivity contribution in [3.63, 3.8) is 0 Å². The largest absolute Gasteiger partial charge is 0.371 e. The molecular formula is C26H26N2OS. The molecule has 3 nitrogen and oxygen atoms in total. The van der Waals surface area contributed by atoms with Crippen LogP contribution in [0.15, 0.2) is 72.8 Å². The summed E-state index contributed by atoms with van der Waals surface area (Å²) in [5.41, 5.74) is 7.71. The molecule has 4 heteroatoms. The van der Waals surface area contributed by atoms with Gasteiger partial charge in [-0.05, 0) is 53.5 Å². The van der Waals surface area contributed by atoms with Gasteiger partial charge in [0.25, 0.3) is 5.24 Å². The van der Waals surface area contributed by atoms with Crippen LogP contribution in [0.1, 0.15) is 46.9 Å². The lowest BCUT2D eigenvalue weighted by molar-refractivity contribution is 0.270. The van der Waals surface area contributed by atoms with Gasteiger partial charge < -0.3 is 10.2 Å². The summed E-state index contributed by atoms with van der Waals surface area (Å²) in [6.45, 7) is 2.16. The molecule has 0 saturated carbocycles. The third-order valence-electron chi connectivity index (χ3n) is 6.45. The van der Waals surface area contributed by atoms with E-state index < -0.39 is 0 Å². The highest BCUT2D eigenvalue weighted by molar-refractivity contribution is 8.13. The highest BCUT2D eigenvalue weighted by Crippen LogP contribution is 2.49. The number of nitrogens with zero attached hydrogens (tertiary/aromatic N) is 1. The predicted octanol–water partition coefficient (Wildman–Crippen LogP) is 6.46. The number of anilines is 2. The van der Waals surface area contributed by atoms with Crippen molar-refractivity contribution in [3.05, 3.63) is 95.1 Å². The molecule has 0 bridgehead atoms. The molecule has 2 aliphatic heterocycles. The first kappa shape index (κ1) is 19.3. The lowest BCUT2D eigenvalue weighted by Gasteiger charge is -2.43. The Labute approximate surface area is 182 Å². The lowest BCUT2D eigenvalue weighted by atomic mass is 9.76. The van der Waals surface area contributed by atoms with Crippen LogP contribution in [0.25, 0.3) is 0 Å². The van der Waals surface area contributed by atoms with Crippen LogP contribution in [0.2, 0.25) is 0 Å². The van der Waals surface area contributed by atoms with Gasteiger partial charge in [-0.3, -0.25) is 4.79 Å². The second kappa shape index (κ2) is 8.19. The third kappa shape index (κ3) is 3.50. The minimum Gasteiger partial charge on any atom is -0.371 e. The van der Waals surface area contributed by atoms with Crippen molar-refractivity contribution in [2.45, 2.75) is 24.7 Å². The van der Waals surface area contributed by atoms with Gasteiger partial charge in [0.2, 0.25) is 0 Å². The van der Waals surface area contributed by atoms with E-state index in [1.54, 1.807) is 0 Å². The molecule has 2 atom stereocenters. The Morgan fingerprint density at radius 3 is 1.83 bits per heavy atom. The molecule has 0 saturated heterocycles. The Bertz CT molecular complexity index is 979. The number of carbonyl (C=O) groups excluding carboxylic acids is 1. The number of amides is 1. The molecule has 0 fully saturated rings. The first-order valence-electron chi connectivity index (χ1n) is 10.6.